The highest BCUT2D eigenvalue weighted by molar-refractivity contribution is 5.70. The fourth-order valence-electron chi connectivity index (χ4n) is 2.94. The van der Waals surface area contributed by atoms with Gasteiger partial charge in [-0.2, -0.15) is 0 Å². The molecule has 4 nitrogen and oxygen atoms in total. The third-order valence-electron chi connectivity index (χ3n) is 4.09. The maximum atomic E-state index is 13.8. The number of likely N-dealkylation sites (N-methyl/N-ethyl adjacent to an activating group) is 1. The van der Waals surface area contributed by atoms with Gasteiger partial charge in [0.1, 0.15) is 17.7 Å². The van der Waals surface area contributed by atoms with Crippen LogP contribution in [-0.4, -0.2) is 49.2 Å². The van der Waals surface area contributed by atoms with E-state index >= 15 is 0 Å². The molecule has 2 aromatic carbocycles. The molecule has 1 saturated heterocycles. The maximum absolute atomic E-state index is 13.8. The topological polar surface area (TPSA) is 32.8 Å². The smallest absolute Gasteiger partial charge is 0.410 e. The minimum Gasteiger partial charge on any atom is -0.443 e. The Morgan fingerprint density at radius 1 is 1.16 bits per heavy atom. The molecule has 0 spiro atoms. The van der Waals surface area contributed by atoms with E-state index in [-0.39, 0.29) is 12.2 Å². The quantitative estimate of drug-likeness (QED) is 0.831. The molecule has 1 heterocycles. The van der Waals surface area contributed by atoms with Crippen molar-refractivity contribution in [3.63, 3.8) is 0 Å². The molecule has 0 aliphatic carbocycles. The van der Waals surface area contributed by atoms with Crippen LogP contribution in [0.5, 0.6) is 0 Å². The second-order valence-electron chi connectivity index (χ2n) is 6.47. The Balaban J connectivity index is 1.68. The van der Waals surface area contributed by atoms with Gasteiger partial charge >= 0.3 is 6.09 Å². The minimum atomic E-state index is -0.599. The van der Waals surface area contributed by atoms with Crippen molar-refractivity contribution >= 4 is 6.09 Å². The second kappa shape index (κ2) is 7.19. The van der Waals surface area contributed by atoms with Crippen LogP contribution >= 0.6 is 0 Å². The molecule has 1 aliphatic rings. The van der Waals surface area contributed by atoms with Gasteiger partial charge < -0.3 is 14.5 Å². The lowest BCUT2D eigenvalue weighted by Crippen LogP contribution is -2.30. The van der Waals surface area contributed by atoms with Crippen molar-refractivity contribution < 1.29 is 18.3 Å². The Morgan fingerprint density at radius 3 is 2.52 bits per heavy atom. The Hall–Kier alpha value is -2.47. The van der Waals surface area contributed by atoms with Crippen LogP contribution in [0.1, 0.15) is 5.56 Å². The van der Waals surface area contributed by atoms with E-state index in [0.717, 1.165) is 11.6 Å². The molecule has 132 valence electrons. The first kappa shape index (κ1) is 17.4. The van der Waals surface area contributed by atoms with Crippen LogP contribution in [0.15, 0.2) is 42.5 Å². The van der Waals surface area contributed by atoms with Gasteiger partial charge in [-0.1, -0.05) is 24.3 Å². The van der Waals surface area contributed by atoms with Gasteiger partial charge in [0.25, 0.3) is 0 Å². The molecule has 0 bridgehead atoms. The van der Waals surface area contributed by atoms with Gasteiger partial charge in [-0.25, -0.2) is 13.6 Å². The Bertz CT molecular complexity index is 763. The fraction of sp³-hybridized carbons (Fsp3) is 0.316. The van der Waals surface area contributed by atoms with Crippen LogP contribution in [0.4, 0.5) is 13.6 Å². The van der Waals surface area contributed by atoms with Crippen molar-refractivity contribution in [3.8, 4) is 11.1 Å². The molecule has 1 amide bonds. The van der Waals surface area contributed by atoms with Gasteiger partial charge in [0.05, 0.1) is 6.54 Å². The molecular formula is C19H20F2N2O2. The van der Waals surface area contributed by atoms with Crippen molar-refractivity contribution in [2.24, 2.45) is 0 Å². The third-order valence-corrected chi connectivity index (χ3v) is 4.09. The first-order valence-corrected chi connectivity index (χ1v) is 8.07. The van der Waals surface area contributed by atoms with Crippen LogP contribution < -0.4 is 0 Å². The molecular weight excluding hydrogens is 326 g/mol. The van der Waals surface area contributed by atoms with Gasteiger partial charge in [0.15, 0.2) is 0 Å². The Labute approximate surface area is 145 Å². The molecule has 0 saturated carbocycles. The molecule has 1 fully saturated rings. The van der Waals surface area contributed by atoms with E-state index in [4.69, 9.17) is 4.74 Å². The first-order valence-electron chi connectivity index (χ1n) is 8.07. The number of rotatable bonds is 5. The van der Waals surface area contributed by atoms with E-state index in [0.29, 0.717) is 30.8 Å². The lowest BCUT2D eigenvalue weighted by atomic mass is 10.0. The average Bonchev–Trinajstić information content (AvgIpc) is 2.87. The summed E-state index contributed by atoms with van der Waals surface area (Å²) >= 11 is 0. The summed E-state index contributed by atoms with van der Waals surface area (Å²) in [5, 5.41) is 0. The molecule has 1 atom stereocenters. The molecule has 0 radical (unpaired) electrons. The van der Waals surface area contributed by atoms with E-state index in [1.54, 1.807) is 17.0 Å². The van der Waals surface area contributed by atoms with E-state index in [1.807, 2.05) is 31.1 Å². The number of cyclic esters (lactones) is 1. The summed E-state index contributed by atoms with van der Waals surface area (Å²) in [6, 6.07) is 10.7. The molecule has 0 N–H and O–H groups in total. The number of hydrogen-bond acceptors (Lipinski definition) is 3. The number of benzene rings is 2. The van der Waals surface area contributed by atoms with E-state index < -0.39 is 11.6 Å². The van der Waals surface area contributed by atoms with Crippen LogP contribution in [0, 0.1) is 11.6 Å². The zero-order valence-corrected chi connectivity index (χ0v) is 14.2. The van der Waals surface area contributed by atoms with Crippen LogP contribution in [0.2, 0.25) is 0 Å². The molecule has 6 heteroatoms. The highest BCUT2D eigenvalue weighted by Crippen LogP contribution is 2.24. The number of amides is 1. The van der Waals surface area contributed by atoms with Crippen molar-refractivity contribution in [2.45, 2.75) is 12.6 Å². The highest BCUT2D eigenvalue weighted by atomic mass is 19.1. The second-order valence-corrected chi connectivity index (χ2v) is 6.47. The standard InChI is InChI=1S/C19H20F2N2O2/c1-22(2)11-16-12-23(19(24)25-16)10-13-3-5-14(6-4-13)17-8-7-15(20)9-18(17)21/h3-9,16H,10-12H2,1-2H3. The van der Waals surface area contributed by atoms with Crippen molar-refractivity contribution in [3.05, 3.63) is 59.7 Å². The van der Waals surface area contributed by atoms with Crippen molar-refractivity contribution in [2.75, 3.05) is 27.2 Å². The third kappa shape index (κ3) is 4.14. The summed E-state index contributed by atoms with van der Waals surface area (Å²) in [6.45, 7) is 1.67. The Kier molecular flexibility index (Phi) is 4.99. The van der Waals surface area contributed by atoms with Gasteiger partial charge in [-0.3, -0.25) is 0 Å². The van der Waals surface area contributed by atoms with E-state index in [2.05, 4.69) is 0 Å². The molecule has 0 aromatic heterocycles. The lowest BCUT2D eigenvalue weighted by molar-refractivity contribution is 0.118. The van der Waals surface area contributed by atoms with Gasteiger partial charge in [-0.15, -0.1) is 0 Å². The van der Waals surface area contributed by atoms with Crippen LogP contribution in [0.25, 0.3) is 11.1 Å². The predicted octanol–water partition coefficient (Wildman–Crippen LogP) is 3.51. The largest absolute Gasteiger partial charge is 0.443 e. The summed E-state index contributed by atoms with van der Waals surface area (Å²) in [5.74, 6) is -1.19. The summed E-state index contributed by atoms with van der Waals surface area (Å²) in [6.07, 6.45) is -0.449. The number of hydrogen-bond donors (Lipinski definition) is 0. The number of carbonyl (C=O) groups is 1. The number of halogens is 2. The maximum Gasteiger partial charge on any atom is 0.410 e. The molecule has 3 rings (SSSR count). The SMILES string of the molecule is CN(C)CC1CN(Cc2ccc(-c3ccc(F)cc3F)cc2)C(=O)O1. The summed E-state index contributed by atoms with van der Waals surface area (Å²) in [5.41, 5.74) is 1.93. The van der Waals surface area contributed by atoms with Crippen molar-refractivity contribution in [1.29, 1.82) is 0 Å². The number of carbonyl (C=O) groups excluding carboxylic acids is 1. The normalized spacial score (nSPS) is 17.2. The zero-order valence-electron chi connectivity index (χ0n) is 14.2. The van der Waals surface area contributed by atoms with E-state index in [1.165, 1.54) is 12.1 Å². The Morgan fingerprint density at radius 2 is 1.88 bits per heavy atom. The zero-order chi connectivity index (χ0) is 18.0. The molecule has 2 aromatic rings. The number of ether oxygens (including phenoxy) is 1. The summed E-state index contributed by atoms with van der Waals surface area (Å²) in [7, 11) is 3.87. The first-order chi connectivity index (χ1) is 11.9. The summed E-state index contributed by atoms with van der Waals surface area (Å²) < 4.78 is 32.2. The van der Waals surface area contributed by atoms with Gasteiger partial charge in [-0.05, 0) is 37.4 Å². The average molecular weight is 346 g/mol. The lowest BCUT2D eigenvalue weighted by Gasteiger charge is -2.15. The van der Waals surface area contributed by atoms with Gasteiger partial charge in [0, 0.05) is 24.7 Å². The monoisotopic (exact) mass is 346 g/mol. The van der Waals surface area contributed by atoms with Crippen LogP contribution in [-0.2, 0) is 11.3 Å². The fourth-order valence-corrected chi connectivity index (χ4v) is 2.94. The number of nitrogens with zero attached hydrogens (tertiary/aromatic N) is 2. The van der Waals surface area contributed by atoms with Gasteiger partial charge in [0.2, 0.25) is 0 Å². The minimum absolute atomic E-state index is 0.130. The van der Waals surface area contributed by atoms with E-state index in [9.17, 15) is 13.6 Å². The van der Waals surface area contributed by atoms with Crippen molar-refractivity contribution in [1.82, 2.24) is 9.80 Å². The molecule has 1 unspecified atom stereocenters. The summed E-state index contributed by atoms with van der Waals surface area (Å²) in [4.78, 5) is 15.6. The van der Waals surface area contributed by atoms with Crippen LogP contribution in [0.3, 0.4) is 0 Å². The predicted molar refractivity (Wildman–Crippen MR) is 91.0 cm³/mol. The molecule has 1 aliphatic heterocycles. The highest BCUT2D eigenvalue weighted by Gasteiger charge is 2.31. The molecule has 25 heavy (non-hydrogen) atoms.